The van der Waals surface area contributed by atoms with Crippen molar-refractivity contribution in [2.75, 3.05) is 12.3 Å². The Kier molecular flexibility index (Phi) is 7.61. The molecule has 5 N–H and O–H groups in total. The van der Waals surface area contributed by atoms with Gasteiger partial charge >= 0.3 is 0 Å². The summed E-state index contributed by atoms with van der Waals surface area (Å²) in [6, 6.07) is 3.76. The molecule has 0 aliphatic rings. The minimum absolute atomic E-state index is 0.0487. The first-order valence-electron chi connectivity index (χ1n) is 8.43. The highest BCUT2D eigenvalue weighted by Crippen LogP contribution is 2.21. The molecule has 2 rings (SSSR count). The second kappa shape index (κ2) is 9.94. The lowest BCUT2D eigenvalue weighted by Gasteiger charge is -2.31. The van der Waals surface area contributed by atoms with Crippen molar-refractivity contribution in [3.63, 3.8) is 0 Å². The number of rotatable bonds is 6. The predicted molar refractivity (Wildman–Crippen MR) is 107 cm³/mol. The van der Waals surface area contributed by atoms with Gasteiger partial charge in [-0.25, -0.2) is 13.8 Å². The van der Waals surface area contributed by atoms with Gasteiger partial charge in [-0.3, -0.25) is 9.59 Å². The van der Waals surface area contributed by atoms with Crippen LogP contribution in [0, 0.1) is 23.7 Å². The third-order valence-electron chi connectivity index (χ3n) is 3.91. The van der Waals surface area contributed by atoms with Crippen molar-refractivity contribution in [1.29, 1.82) is 0 Å². The predicted octanol–water partition coefficient (Wildman–Crippen LogP) is 0.804. The normalized spacial score (nSPS) is 13.3. The Morgan fingerprint density at radius 2 is 1.90 bits per heavy atom. The number of nitrogen functional groups attached to an aromatic ring is 1. The van der Waals surface area contributed by atoms with Gasteiger partial charge in [0.2, 0.25) is 0 Å². The monoisotopic (exact) mass is 433 g/mol. The summed E-state index contributed by atoms with van der Waals surface area (Å²) in [5.74, 6) is 8.80. The van der Waals surface area contributed by atoms with Gasteiger partial charge < -0.3 is 21.3 Å². The maximum absolute atomic E-state index is 13.1. The Labute approximate surface area is 174 Å². The molecule has 0 fully saturated rings. The fourth-order valence-electron chi connectivity index (χ4n) is 2.23. The van der Waals surface area contributed by atoms with Gasteiger partial charge in [0.25, 0.3) is 12.3 Å². The zero-order valence-corrected chi connectivity index (χ0v) is 16.5. The van der Waals surface area contributed by atoms with Gasteiger partial charge in [-0.2, -0.15) is 0 Å². The number of carbonyl (C=O) groups is 2. The zero-order chi connectivity index (χ0) is 22.3. The maximum atomic E-state index is 13.1. The van der Waals surface area contributed by atoms with E-state index in [0.29, 0.717) is 22.5 Å². The summed E-state index contributed by atoms with van der Waals surface area (Å²) < 4.78 is 26.1. The molecule has 2 aromatic rings. The van der Waals surface area contributed by atoms with Crippen LogP contribution in [0.5, 0.6) is 0 Å². The van der Waals surface area contributed by atoms with Crippen molar-refractivity contribution >= 4 is 28.2 Å². The molecular formula is C20H17F2N3O4S. The van der Waals surface area contributed by atoms with Crippen molar-refractivity contribution in [2.24, 2.45) is 0 Å². The number of hydrogen-bond donors (Lipinski definition) is 4. The van der Waals surface area contributed by atoms with Crippen LogP contribution in [0.15, 0.2) is 30.5 Å². The Morgan fingerprint density at radius 3 is 2.43 bits per heavy atom. The van der Waals surface area contributed by atoms with Crippen LogP contribution < -0.4 is 11.1 Å². The summed E-state index contributed by atoms with van der Waals surface area (Å²) in [7, 11) is 0. The number of halogens is 2. The lowest BCUT2D eigenvalue weighted by atomic mass is 9.93. The number of thiazole rings is 1. The second-order valence-electron chi connectivity index (χ2n) is 6.20. The molecule has 1 aromatic heterocycles. The Balaban J connectivity index is 2.10. The van der Waals surface area contributed by atoms with Crippen LogP contribution in [0.1, 0.15) is 27.7 Å². The van der Waals surface area contributed by atoms with Gasteiger partial charge in [-0.15, -0.1) is 0 Å². The lowest BCUT2D eigenvalue weighted by Crippen LogP contribution is -2.59. The molecule has 0 aliphatic heterocycles. The van der Waals surface area contributed by atoms with E-state index in [2.05, 4.69) is 28.7 Å². The van der Waals surface area contributed by atoms with Crippen molar-refractivity contribution in [3.05, 3.63) is 46.5 Å². The van der Waals surface area contributed by atoms with E-state index in [1.54, 1.807) is 0 Å². The van der Waals surface area contributed by atoms with E-state index in [4.69, 9.17) is 10.8 Å². The molecule has 1 aromatic carbocycles. The molecule has 0 bridgehead atoms. The summed E-state index contributed by atoms with van der Waals surface area (Å²) >= 11 is 1.23. The van der Waals surface area contributed by atoms with E-state index < -0.39 is 36.4 Å². The number of aliphatic hydroxyl groups is 2. The number of nitrogens with zero attached hydrogens (tertiary/aromatic N) is 1. The van der Waals surface area contributed by atoms with Crippen molar-refractivity contribution in [2.45, 2.75) is 25.0 Å². The number of nitrogens with one attached hydrogen (secondary N) is 1. The summed E-state index contributed by atoms with van der Waals surface area (Å²) in [5, 5.41) is 21.3. The molecular weight excluding hydrogens is 416 g/mol. The molecule has 30 heavy (non-hydrogen) atoms. The van der Waals surface area contributed by atoms with Crippen molar-refractivity contribution in [1.82, 2.24) is 10.3 Å². The number of anilines is 1. The number of alkyl halides is 2. The Bertz CT molecular complexity index is 1040. The molecule has 1 amide bonds. The average molecular weight is 433 g/mol. The largest absolute Gasteiger partial charge is 0.388 e. The Morgan fingerprint density at radius 1 is 1.27 bits per heavy atom. The van der Waals surface area contributed by atoms with Gasteiger partial charge in [0, 0.05) is 11.1 Å². The van der Waals surface area contributed by atoms with E-state index in [1.807, 2.05) is 5.32 Å². The van der Waals surface area contributed by atoms with Crippen LogP contribution in [0.4, 0.5) is 13.9 Å². The first kappa shape index (κ1) is 23.0. The summed E-state index contributed by atoms with van der Waals surface area (Å²) in [6.45, 7) is -0.409. The number of aromatic nitrogens is 1. The molecule has 10 heteroatoms. The molecule has 0 saturated heterocycles. The van der Waals surface area contributed by atoms with Crippen molar-refractivity contribution < 1.29 is 28.6 Å². The average Bonchev–Trinajstić information content (AvgIpc) is 3.13. The minimum atomic E-state index is -3.32. The number of benzene rings is 1. The molecule has 7 nitrogen and oxygen atoms in total. The highest BCUT2D eigenvalue weighted by atomic mass is 32.1. The first-order chi connectivity index (χ1) is 14.1. The number of Topliss-reactive ketones (excluding diaryl/α,β-unsaturated/α-hetero) is 1. The van der Waals surface area contributed by atoms with Gasteiger partial charge in [-0.1, -0.05) is 17.3 Å². The zero-order valence-electron chi connectivity index (χ0n) is 15.6. The summed E-state index contributed by atoms with van der Waals surface area (Å²) in [6.07, 6.45) is -1.79. The third-order valence-corrected chi connectivity index (χ3v) is 4.65. The van der Waals surface area contributed by atoms with E-state index in [-0.39, 0.29) is 5.56 Å². The molecule has 2 atom stereocenters. The molecule has 156 valence electrons. The molecule has 0 saturated carbocycles. The fraction of sp³-hybridized carbons (Fsp3) is 0.250. The quantitative estimate of drug-likeness (QED) is 0.500. The third kappa shape index (κ3) is 5.84. The summed E-state index contributed by atoms with van der Waals surface area (Å²) in [5.41, 5.74) is 3.23. The molecule has 0 radical (unpaired) electrons. The van der Waals surface area contributed by atoms with E-state index in [9.17, 15) is 23.5 Å². The number of nitrogens with two attached hydrogens (primary N) is 1. The van der Waals surface area contributed by atoms with Crippen LogP contribution in [0.2, 0.25) is 0 Å². The molecule has 1 heterocycles. The van der Waals surface area contributed by atoms with Crippen LogP contribution in [-0.4, -0.2) is 51.6 Å². The SMILES string of the molecule is C[C@@](O)(C(F)F)[C@H](NC(=O)c1ccc(C#CC#Cc2cnc(N)s2)cc1)C(=O)CO. The topological polar surface area (TPSA) is 126 Å². The van der Waals surface area contributed by atoms with E-state index in [0.717, 1.165) is 0 Å². The molecule has 0 unspecified atom stereocenters. The van der Waals surface area contributed by atoms with Crippen LogP contribution in [-0.2, 0) is 4.79 Å². The molecule has 0 spiro atoms. The molecule has 0 aliphatic carbocycles. The fourth-order valence-corrected chi connectivity index (χ4v) is 2.77. The number of hydrogen-bond acceptors (Lipinski definition) is 7. The maximum Gasteiger partial charge on any atom is 0.269 e. The van der Waals surface area contributed by atoms with Crippen LogP contribution >= 0.6 is 11.3 Å². The second-order valence-corrected chi connectivity index (χ2v) is 7.26. The standard InChI is InChI=1S/C20H17F2N3O4S/c1-20(29,18(21)22)16(15(27)11-26)25-17(28)13-8-6-12(7-9-13)4-2-3-5-14-10-24-19(23)30-14/h6-10,16,18,26,29H,11H2,1H3,(H2,23,24)(H,25,28)/t16-,20+/m1/s1. The van der Waals surface area contributed by atoms with E-state index in [1.165, 1.54) is 41.8 Å². The first-order valence-corrected chi connectivity index (χ1v) is 9.25. The highest BCUT2D eigenvalue weighted by molar-refractivity contribution is 7.15. The van der Waals surface area contributed by atoms with Gasteiger partial charge in [0.1, 0.15) is 18.2 Å². The van der Waals surface area contributed by atoms with Crippen LogP contribution in [0.3, 0.4) is 0 Å². The van der Waals surface area contributed by atoms with Gasteiger partial charge in [-0.05, 0) is 49.0 Å². The number of amides is 1. The van der Waals surface area contributed by atoms with Gasteiger partial charge in [0.15, 0.2) is 10.9 Å². The number of carbonyl (C=O) groups excluding carboxylic acids is 2. The van der Waals surface area contributed by atoms with E-state index >= 15 is 0 Å². The lowest BCUT2D eigenvalue weighted by molar-refractivity contribution is -0.142. The van der Waals surface area contributed by atoms with Crippen molar-refractivity contribution in [3.8, 4) is 23.7 Å². The minimum Gasteiger partial charge on any atom is -0.388 e. The number of ketones is 1. The highest BCUT2D eigenvalue weighted by Gasteiger charge is 2.45. The summed E-state index contributed by atoms with van der Waals surface area (Å²) in [4.78, 5) is 28.6. The van der Waals surface area contributed by atoms with Gasteiger partial charge in [0.05, 0.1) is 11.1 Å². The van der Waals surface area contributed by atoms with Crippen LogP contribution in [0.25, 0.3) is 0 Å². The number of aliphatic hydroxyl groups excluding tert-OH is 1. The smallest absolute Gasteiger partial charge is 0.269 e. The Hall–Kier alpha value is -3.31.